The zero-order chi connectivity index (χ0) is 14.7. The number of rotatable bonds is 3. The number of hydrogen-bond acceptors (Lipinski definition) is 3. The van der Waals surface area contributed by atoms with Crippen molar-refractivity contribution in [3.63, 3.8) is 0 Å². The Hall–Kier alpha value is 0.430. The molecule has 0 saturated carbocycles. The van der Waals surface area contributed by atoms with Gasteiger partial charge in [-0.3, -0.25) is 0 Å². The van der Waals surface area contributed by atoms with E-state index in [0.717, 1.165) is 0 Å². The summed E-state index contributed by atoms with van der Waals surface area (Å²) in [7, 11) is 0. The molecule has 3 nitrogen and oxygen atoms in total. The third kappa shape index (κ3) is 120. The average Bonchev–Trinajstić information content (AvgIpc) is 2.22. The van der Waals surface area contributed by atoms with Crippen LogP contribution in [0.3, 0.4) is 0 Å². The van der Waals surface area contributed by atoms with Gasteiger partial charge >= 0.3 is 29.6 Å². The van der Waals surface area contributed by atoms with Crippen LogP contribution in [0.2, 0.25) is 0 Å². The molecule has 0 aromatic carbocycles. The van der Waals surface area contributed by atoms with Gasteiger partial charge in [-0.2, -0.15) is 0 Å². The first-order valence-corrected chi connectivity index (χ1v) is 6.55. The van der Waals surface area contributed by atoms with Gasteiger partial charge in [0.25, 0.3) is 0 Å². The summed E-state index contributed by atoms with van der Waals surface area (Å²) < 4.78 is 4.42. The number of aliphatic hydroxyl groups excluding tert-OH is 1. The summed E-state index contributed by atoms with van der Waals surface area (Å²) in [5.41, 5.74) is -0.373. The summed E-state index contributed by atoms with van der Waals surface area (Å²) in [5.74, 6) is 0. The Morgan fingerprint density at radius 3 is 1.32 bits per heavy atom. The molecule has 0 amide bonds. The second-order valence-corrected chi connectivity index (χ2v) is 3.97. The molecule has 0 aliphatic rings. The maximum absolute atomic E-state index is 9.47. The van der Waals surface area contributed by atoms with E-state index in [1.807, 2.05) is 13.8 Å². The van der Waals surface area contributed by atoms with Crippen LogP contribution in [-0.2, 0) is 9.53 Å². The fourth-order valence-electron chi connectivity index (χ4n) is 0.479. The molecule has 0 rings (SSSR count). The fourth-order valence-corrected chi connectivity index (χ4v) is 0.479. The fraction of sp³-hybridized carbons (Fsp3) is 0.867. The molecule has 0 heterocycles. The molecule has 0 aliphatic heterocycles. The molecule has 0 spiro atoms. The standard InChI is InChI=1S/C5H9O2.C5H12.C2H6O.C2H6.CH3.Na/c1-5(2,3)7-4-6;1-3-5-4-2;1-2-3;1-2;;/h1-3H3;3-5H2,1-2H3;3H,2H2,1H3;1-2H3;1H3;/q-1;;;;-1;+1. The van der Waals surface area contributed by atoms with E-state index < -0.39 is 0 Å². The van der Waals surface area contributed by atoms with Crippen LogP contribution in [-0.4, -0.2) is 23.8 Å². The van der Waals surface area contributed by atoms with Crippen LogP contribution in [0.4, 0.5) is 0 Å². The van der Waals surface area contributed by atoms with Crippen LogP contribution < -0.4 is 29.6 Å². The van der Waals surface area contributed by atoms with Crippen molar-refractivity contribution in [2.75, 3.05) is 6.61 Å². The molecule has 0 aromatic heterocycles. The molecule has 0 aliphatic carbocycles. The van der Waals surface area contributed by atoms with Crippen molar-refractivity contribution < 1.29 is 44.2 Å². The number of ether oxygens (including phenoxy) is 1. The van der Waals surface area contributed by atoms with E-state index in [-0.39, 0.29) is 49.2 Å². The van der Waals surface area contributed by atoms with Crippen LogP contribution >= 0.6 is 0 Å². The first kappa shape index (κ1) is 36.6. The van der Waals surface area contributed by atoms with Crippen LogP contribution in [0.25, 0.3) is 0 Å². The minimum Gasteiger partial charge on any atom is -0.649 e. The molecule has 0 atom stereocenters. The van der Waals surface area contributed by atoms with E-state index in [9.17, 15) is 4.79 Å². The summed E-state index contributed by atoms with van der Waals surface area (Å²) in [6.07, 6.45) is 4.08. The van der Waals surface area contributed by atoms with E-state index in [1.54, 1.807) is 27.7 Å². The molecule has 0 unspecified atom stereocenters. The van der Waals surface area contributed by atoms with Crippen molar-refractivity contribution >= 4 is 6.47 Å². The van der Waals surface area contributed by atoms with Gasteiger partial charge in [0.2, 0.25) is 0 Å². The van der Waals surface area contributed by atoms with Crippen molar-refractivity contribution in [3.8, 4) is 0 Å². The van der Waals surface area contributed by atoms with Crippen molar-refractivity contribution in [2.24, 2.45) is 0 Å². The third-order valence-electron chi connectivity index (χ3n) is 1.05. The van der Waals surface area contributed by atoms with Crippen LogP contribution in [0, 0.1) is 7.43 Å². The van der Waals surface area contributed by atoms with Gasteiger partial charge in [0, 0.05) is 6.61 Å². The normalized spacial score (nSPS) is 7.42. The van der Waals surface area contributed by atoms with E-state index in [4.69, 9.17) is 5.11 Å². The first-order valence-electron chi connectivity index (χ1n) is 6.55. The Morgan fingerprint density at radius 2 is 1.32 bits per heavy atom. The Kier molecular flexibility index (Phi) is 69.8. The maximum Gasteiger partial charge on any atom is 1.00 e. The minimum absolute atomic E-state index is 0. The minimum atomic E-state index is -0.373. The van der Waals surface area contributed by atoms with Crippen molar-refractivity contribution in [1.29, 1.82) is 0 Å². The molecule has 0 bridgehead atoms. The average molecular weight is 287 g/mol. The molecule has 0 saturated heterocycles. The summed E-state index contributed by atoms with van der Waals surface area (Å²) >= 11 is 0. The SMILES string of the molecule is CC.CC(C)(C)O[C-]=O.CCCCC.CCO.[CH3-].[Na+]. The second kappa shape index (κ2) is 36.2. The van der Waals surface area contributed by atoms with Gasteiger partial charge in [0.15, 0.2) is 0 Å². The third-order valence-corrected chi connectivity index (χ3v) is 1.05. The Balaban J connectivity index is -0.0000000315. The molecule has 0 fully saturated rings. The van der Waals surface area contributed by atoms with Crippen molar-refractivity contribution in [1.82, 2.24) is 0 Å². The Morgan fingerprint density at radius 1 is 1.05 bits per heavy atom. The quantitative estimate of drug-likeness (QED) is 0.633. The summed E-state index contributed by atoms with van der Waals surface area (Å²) in [6, 6.07) is 0. The predicted molar refractivity (Wildman–Crippen MR) is 82.3 cm³/mol. The molecule has 4 heteroatoms. The number of aliphatic hydroxyl groups is 1. The zero-order valence-electron chi connectivity index (χ0n) is 15.1. The van der Waals surface area contributed by atoms with Crippen LogP contribution in [0.15, 0.2) is 0 Å². The zero-order valence-corrected chi connectivity index (χ0v) is 17.1. The van der Waals surface area contributed by atoms with Gasteiger partial charge in [0.1, 0.15) is 0 Å². The molecule has 116 valence electrons. The van der Waals surface area contributed by atoms with Crippen LogP contribution in [0.1, 0.15) is 74.7 Å². The second-order valence-electron chi connectivity index (χ2n) is 3.97. The van der Waals surface area contributed by atoms with Gasteiger partial charge in [-0.1, -0.05) is 53.4 Å². The van der Waals surface area contributed by atoms with Gasteiger partial charge in [0.05, 0.1) is 5.60 Å². The predicted octanol–water partition coefficient (Wildman–Crippen LogP) is 1.54. The Bertz CT molecular complexity index is 110. The number of carbonyl (C=O) groups excluding carboxylic acids is 1. The number of hydrogen-bond donors (Lipinski definition) is 1. The van der Waals surface area contributed by atoms with Crippen molar-refractivity contribution in [2.45, 2.75) is 80.3 Å². The summed E-state index contributed by atoms with van der Waals surface area (Å²) in [5, 5.41) is 7.57. The van der Waals surface area contributed by atoms with Gasteiger partial charge in [-0.15, -0.1) is 0 Å². The largest absolute Gasteiger partial charge is 1.00 e. The maximum atomic E-state index is 9.47. The van der Waals surface area contributed by atoms with Gasteiger partial charge < -0.3 is 22.1 Å². The summed E-state index contributed by atoms with van der Waals surface area (Å²) in [4.78, 5) is 9.47. The molecular formula is C15H36NaO3-. The first-order chi connectivity index (χ1) is 7.89. The molecule has 0 aromatic rings. The molecule has 0 radical (unpaired) electrons. The molecule has 19 heavy (non-hydrogen) atoms. The molecular weight excluding hydrogens is 251 g/mol. The van der Waals surface area contributed by atoms with E-state index in [1.165, 1.54) is 25.7 Å². The molecule has 1 N–H and O–H groups in total. The van der Waals surface area contributed by atoms with Gasteiger partial charge in [-0.05, 0) is 27.7 Å². The van der Waals surface area contributed by atoms with E-state index in [0.29, 0.717) is 0 Å². The summed E-state index contributed by atoms with van der Waals surface area (Å²) in [6.45, 7) is 17.1. The monoisotopic (exact) mass is 287 g/mol. The number of unbranched alkanes of at least 4 members (excludes halogenated alkanes) is 2. The Labute approximate surface area is 144 Å². The van der Waals surface area contributed by atoms with Crippen molar-refractivity contribution in [3.05, 3.63) is 7.43 Å². The van der Waals surface area contributed by atoms with Crippen LogP contribution in [0.5, 0.6) is 0 Å². The van der Waals surface area contributed by atoms with Gasteiger partial charge in [-0.25, -0.2) is 0 Å². The topological polar surface area (TPSA) is 46.5 Å². The smallest absolute Gasteiger partial charge is 0.649 e. The van der Waals surface area contributed by atoms with E-state index >= 15 is 0 Å². The van der Waals surface area contributed by atoms with E-state index in [2.05, 4.69) is 18.6 Å².